The van der Waals surface area contributed by atoms with Gasteiger partial charge in [-0.15, -0.1) is 0 Å². The summed E-state index contributed by atoms with van der Waals surface area (Å²) in [6.07, 6.45) is 8.55. The second-order valence-electron chi connectivity index (χ2n) is 7.22. The lowest BCUT2D eigenvalue weighted by molar-refractivity contribution is 0.316. The molecule has 0 bridgehead atoms. The molecular formula is C20H33N. The zero-order valence-corrected chi connectivity index (χ0v) is 14.6. The van der Waals surface area contributed by atoms with Crippen molar-refractivity contribution in [3.8, 4) is 0 Å². The summed E-state index contributed by atoms with van der Waals surface area (Å²) in [5.74, 6) is 0.863. The van der Waals surface area contributed by atoms with Gasteiger partial charge in [-0.1, -0.05) is 37.8 Å². The van der Waals surface area contributed by atoms with Gasteiger partial charge in [-0.2, -0.15) is 0 Å². The van der Waals surface area contributed by atoms with Gasteiger partial charge in [0.2, 0.25) is 0 Å². The molecule has 21 heavy (non-hydrogen) atoms. The quantitative estimate of drug-likeness (QED) is 0.708. The fourth-order valence-electron chi connectivity index (χ4n) is 3.88. The second-order valence-corrected chi connectivity index (χ2v) is 7.22. The van der Waals surface area contributed by atoms with Crippen LogP contribution in [-0.2, 0) is 0 Å². The molecule has 0 aliphatic heterocycles. The third-order valence-electron chi connectivity index (χ3n) is 5.47. The van der Waals surface area contributed by atoms with Crippen molar-refractivity contribution < 1.29 is 0 Å². The largest absolute Gasteiger partial charge is 0.307 e. The van der Waals surface area contributed by atoms with Crippen LogP contribution in [0.5, 0.6) is 0 Å². The third-order valence-corrected chi connectivity index (χ3v) is 5.47. The molecule has 1 heteroatoms. The maximum atomic E-state index is 3.88. The molecule has 1 aromatic carbocycles. The lowest BCUT2D eigenvalue weighted by Crippen LogP contribution is -2.35. The van der Waals surface area contributed by atoms with Crippen LogP contribution >= 0.6 is 0 Å². The summed E-state index contributed by atoms with van der Waals surface area (Å²) in [4.78, 5) is 0. The van der Waals surface area contributed by atoms with Gasteiger partial charge in [0.1, 0.15) is 0 Å². The highest BCUT2D eigenvalue weighted by Gasteiger charge is 2.21. The Morgan fingerprint density at radius 3 is 2.05 bits per heavy atom. The molecule has 1 fully saturated rings. The number of hydrogen-bond acceptors (Lipinski definition) is 1. The highest BCUT2D eigenvalue weighted by Crippen LogP contribution is 2.28. The average Bonchev–Trinajstić information content (AvgIpc) is 2.71. The number of nitrogens with one attached hydrogen (secondary N) is 1. The van der Waals surface area contributed by atoms with Crippen LogP contribution in [-0.4, -0.2) is 6.04 Å². The summed E-state index contributed by atoms with van der Waals surface area (Å²) in [7, 11) is 0. The topological polar surface area (TPSA) is 12.0 Å². The molecule has 1 unspecified atom stereocenters. The molecule has 0 heterocycles. The molecule has 2 atom stereocenters. The summed E-state index contributed by atoms with van der Waals surface area (Å²) >= 11 is 0. The number of aryl methyl sites for hydroxylation is 3. The van der Waals surface area contributed by atoms with E-state index >= 15 is 0 Å². The Labute approximate surface area is 131 Å². The van der Waals surface area contributed by atoms with E-state index in [4.69, 9.17) is 0 Å². The van der Waals surface area contributed by atoms with Crippen LogP contribution in [0.4, 0.5) is 0 Å². The molecule has 1 aliphatic rings. The Hall–Kier alpha value is -0.820. The zero-order chi connectivity index (χ0) is 15.4. The summed E-state index contributed by atoms with van der Waals surface area (Å²) < 4.78 is 0. The molecule has 2 rings (SSSR count). The van der Waals surface area contributed by atoms with Crippen LogP contribution in [0.25, 0.3) is 0 Å². The lowest BCUT2D eigenvalue weighted by atomic mass is 9.91. The molecule has 0 amide bonds. The van der Waals surface area contributed by atoms with Crippen LogP contribution in [0.3, 0.4) is 0 Å². The summed E-state index contributed by atoms with van der Waals surface area (Å²) in [5, 5.41) is 3.88. The Bertz CT molecular complexity index is 455. The van der Waals surface area contributed by atoms with Gasteiger partial charge in [0.15, 0.2) is 0 Å². The van der Waals surface area contributed by atoms with Crippen molar-refractivity contribution >= 4 is 0 Å². The van der Waals surface area contributed by atoms with Gasteiger partial charge in [0.25, 0.3) is 0 Å². The minimum Gasteiger partial charge on any atom is -0.307 e. The number of rotatable bonds is 4. The molecule has 1 aliphatic carbocycles. The minimum absolute atomic E-state index is 0.447. The van der Waals surface area contributed by atoms with Gasteiger partial charge in [-0.25, -0.2) is 0 Å². The van der Waals surface area contributed by atoms with Crippen molar-refractivity contribution in [3.05, 3.63) is 34.4 Å². The molecule has 0 aromatic heterocycles. The van der Waals surface area contributed by atoms with Crippen LogP contribution in [0.15, 0.2) is 12.1 Å². The number of hydrogen-bond donors (Lipinski definition) is 1. The van der Waals surface area contributed by atoms with Gasteiger partial charge in [0.05, 0.1) is 0 Å². The van der Waals surface area contributed by atoms with Crippen LogP contribution in [0, 0.1) is 26.7 Å². The summed E-state index contributed by atoms with van der Waals surface area (Å²) in [6, 6.07) is 5.78. The van der Waals surface area contributed by atoms with Crippen molar-refractivity contribution in [1.29, 1.82) is 0 Å². The first-order chi connectivity index (χ1) is 9.99. The molecule has 1 N–H and O–H groups in total. The monoisotopic (exact) mass is 287 g/mol. The molecular weight excluding hydrogens is 254 g/mol. The molecule has 118 valence electrons. The standard InChI is InChI=1S/C20H33N/c1-14-12-16(3)20(13-15(14)2)18(5)21-17(4)19-10-8-6-7-9-11-19/h12-13,17-19,21H,6-11H2,1-5H3/t17-,18?/m1/s1. The molecule has 1 aromatic rings. The van der Waals surface area contributed by atoms with Crippen molar-refractivity contribution in [2.45, 2.75) is 85.2 Å². The predicted molar refractivity (Wildman–Crippen MR) is 92.9 cm³/mol. The highest BCUT2D eigenvalue weighted by molar-refractivity contribution is 5.38. The Morgan fingerprint density at radius 1 is 0.857 bits per heavy atom. The minimum atomic E-state index is 0.447. The van der Waals surface area contributed by atoms with Crippen LogP contribution in [0.2, 0.25) is 0 Å². The van der Waals surface area contributed by atoms with E-state index in [0.29, 0.717) is 12.1 Å². The van der Waals surface area contributed by atoms with Crippen LogP contribution < -0.4 is 5.32 Å². The lowest BCUT2D eigenvalue weighted by Gasteiger charge is -2.28. The van der Waals surface area contributed by atoms with E-state index in [1.165, 1.54) is 60.8 Å². The Kier molecular flexibility index (Phi) is 5.87. The van der Waals surface area contributed by atoms with E-state index in [2.05, 4.69) is 52.1 Å². The molecule has 0 radical (unpaired) electrons. The van der Waals surface area contributed by atoms with Crippen molar-refractivity contribution in [3.63, 3.8) is 0 Å². The molecule has 1 nitrogen and oxygen atoms in total. The van der Waals surface area contributed by atoms with Gasteiger partial charge >= 0.3 is 0 Å². The SMILES string of the molecule is Cc1cc(C)c(C(C)N[C@H](C)C2CCCCCC2)cc1C. The predicted octanol–water partition coefficient (Wildman–Crippen LogP) is 5.62. The molecule has 0 saturated heterocycles. The van der Waals surface area contributed by atoms with Gasteiger partial charge < -0.3 is 5.32 Å². The Balaban J connectivity index is 2.03. The van der Waals surface area contributed by atoms with Crippen molar-refractivity contribution in [2.24, 2.45) is 5.92 Å². The molecule has 1 saturated carbocycles. The summed E-state index contributed by atoms with van der Waals surface area (Å²) in [6.45, 7) is 11.4. The first kappa shape index (κ1) is 16.5. The highest BCUT2D eigenvalue weighted by atomic mass is 14.9. The number of benzene rings is 1. The normalized spacial score (nSPS) is 20.0. The first-order valence-electron chi connectivity index (χ1n) is 8.83. The van der Waals surface area contributed by atoms with E-state index in [0.717, 1.165) is 5.92 Å². The van der Waals surface area contributed by atoms with E-state index < -0.39 is 0 Å². The van der Waals surface area contributed by atoms with Crippen molar-refractivity contribution in [2.75, 3.05) is 0 Å². The first-order valence-corrected chi connectivity index (χ1v) is 8.83. The van der Waals surface area contributed by atoms with E-state index in [1.54, 1.807) is 0 Å². The van der Waals surface area contributed by atoms with Gasteiger partial charge in [0, 0.05) is 12.1 Å². The maximum absolute atomic E-state index is 3.88. The van der Waals surface area contributed by atoms with Gasteiger partial charge in [-0.3, -0.25) is 0 Å². The fraction of sp³-hybridized carbons (Fsp3) is 0.700. The van der Waals surface area contributed by atoms with Crippen molar-refractivity contribution in [1.82, 2.24) is 5.32 Å². The van der Waals surface area contributed by atoms with Gasteiger partial charge in [-0.05, 0) is 75.6 Å². The smallest absolute Gasteiger partial charge is 0.0297 e. The van der Waals surface area contributed by atoms with E-state index in [1.807, 2.05) is 0 Å². The average molecular weight is 287 g/mol. The zero-order valence-electron chi connectivity index (χ0n) is 14.6. The fourth-order valence-corrected chi connectivity index (χ4v) is 3.88. The maximum Gasteiger partial charge on any atom is 0.0297 e. The summed E-state index contributed by atoms with van der Waals surface area (Å²) in [5.41, 5.74) is 5.70. The van der Waals surface area contributed by atoms with Crippen LogP contribution in [0.1, 0.15) is 80.7 Å². The molecule has 0 spiro atoms. The Morgan fingerprint density at radius 2 is 1.43 bits per heavy atom. The van der Waals surface area contributed by atoms with E-state index in [-0.39, 0.29) is 0 Å². The third kappa shape index (κ3) is 4.32. The second kappa shape index (κ2) is 7.45. The van der Waals surface area contributed by atoms with E-state index in [9.17, 15) is 0 Å².